The van der Waals surface area contributed by atoms with Crippen LogP contribution in [-0.2, 0) is 9.47 Å². The first-order valence-corrected chi connectivity index (χ1v) is 9.75. The van der Waals surface area contributed by atoms with Crippen LogP contribution in [0.25, 0.3) is 10.9 Å². The van der Waals surface area contributed by atoms with Gasteiger partial charge in [0.25, 0.3) is 0 Å². The standard InChI is InChI=1S/C21H27FN2O2/c1-15-13-20(18-6-4-7-19(22)21(18)23-15)24-10-8-16(9-11-24)26-14-17-5-2-3-12-25-17/h4,6-7,13,16-17H,2-3,5,8-12,14H2,1H3. The number of hydrogen-bond donors (Lipinski definition) is 0. The summed E-state index contributed by atoms with van der Waals surface area (Å²) in [5.41, 5.74) is 2.40. The zero-order valence-corrected chi connectivity index (χ0v) is 15.4. The van der Waals surface area contributed by atoms with E-state index in [4.69, 9.17) is 9.47 Å². The van der Waals surface area contributed by atoms with Gasteiger partial charge in [-0.3, -0.25) is 0 Å². The first-order chi connectivity index (χ1) is 12.7. The van der Waals surface area contributed by atoms with Crippen molar-refractivity contribution in [2.24, 2.45) is 0 Å². The molecule has 0 amide bonds. The third-order valence-corrected chi connectivity index (χ3v) is 5.47. The van der Waals surface area contributed by atoms with E-state index >= 15 is 0 Å². The van der Waals surface area contributed by atoms with E-state index in [9.17, 15) is 4.39 Å². The number of ether oxygens (including phenoxy) is 2. The van der Waals surface area contributed by atoms with Crippen molar-refractivity contribution in [3.8, 4) is 0 Å². The molecule has 5 heteroatoms. The van der Waals surface area contributed by atoms with Crippen LogP contribution < -0.4 is 4.90 Å². The Morgan fingerprint density at radius 3 is 2.85 bits per heavy atom. The molecule has 0 spiro atoms. The van der Waals surface area contributed by atoms with Gasteiger partial charge in [0.1, 0.15) is 11.3 Å². The van der Waals surface area contributed by atoms with E-state index in [1.807, 2.05) is 13.0 Å². The van der Waals surface area contributed by atoms with Crippen molar-refractivity contribution >= 4 is 16.6 Å². The number of pyridine rings is 1. The fourth-order valence-electron chi connectivity index (χ4n) is 4.03. The predicted molar refractivity (Wildman–Crippen MR) is 101 cm³/mol. The lowest BCUT2D eigenvalue weighted by Crippen LogP contribution is -2.38. The maximum Gasteiger partial charge on any atom is 0.149 e. The van der Waals surface area contributed by atoms with Crippen molar-refractivity contribution in [1.82, 2.24) is 4.98 Å². The number of fused-ring (bicyclic) bond motifs is 1. The molecule has 4 rings (SSSR count). The van der Waals surface area contributed by atoms with E-state index in [0.717, 1.165) is 55.7 Å². The zero-order chi connectivity index (χ0) is 17.9. The van der Waals surface area contributed by atoms with E-state index in [1.54, 1.807) is 6.07 Å². The summed E-state index contributed by atoms with van der Waals surface area (Å²) in [7, 11) is 0. The summed E-state index contributed by atoms with van der Waals surface area (Å²) in [6.45, 7) is 5.36. The first-order valence-electron chi connectivity index (χ1n) is 9.75. The lowest BCUT2D eigenvalue weighted by molar-refractivity contribution is -0.0672. The Bertz CT molecular complexity index is 753. The Morgan fingerprint density at radius 2 is 2.08 bits per heavy atom. The molecule has 4 nitrogen and oxygen atoms in total. The third kappa shape index (κ3) is 3.84. The number of halogens is 1. The van der Waals surface area contributed by atoms with Gasteiger partial charge in [-0.25, -0.2) is 9.37 Å². The number of hydrogen-bond acceptors (Lipinski definition) is 4. The average molecular weight is 358 g/mol. The molecule has 1 unspecified atom stereocenters. The van der Waals surface area contributed by atoms with Gasteiger partial charge in [-0.2, -0.15) is 0 Å². The van der Waals surface area contributed by atoms with Crippen molar-refractivity contribution in [3.05, 3.63) is 35.8 Å². The molecule has 0 N–H and O–H groups in total. The summed E-state index contributed by atoms with van der Waals surface area (Å²) in [4.78, 5) is 6.73. The van der Waals surface area contributed by atoms with Gasteiger partial charge in [-0.1, -0.05) is 12.1 Å². The summed E-state index contributed by atoms with van der Waals surface area (Å²) < 4.78 is 26.0. The highest BCUT2D eigenvalue weighted by Crippen LogP contribution is 2.30. The summed E-state index contributed by atoms with van der Waals surface area (Å²) in [5, 5.41) is 0.894. The molecule has 2 fully saturated rings. The second-order valence-electron chi connectivity index (χ2n) is 7.43. The number of para-hydroxylation sites is 1. The largest absolute Gasteiger partial charge is 0.376 e. The molecular formula is C21H27FN2O2. The number of anilines is 1. The lowest BCUT2D eigenvalue weighted by Gasteiger charge is -2.35. The molecule has 2 aliphatic heterocycles. The Balaban J connectivity index is 1.40. The Morgan fingerprint density at radius 1 is 1.23 bits per heavy atom. The van der Waals surface area contributed by atoms with Crippen LogP contribution in [-0.4, -0.2) is 43.5 Å². The Hall–Kier alpha value is -1.72. The van der Waals surface area contributed by atoms with Crippen molar-refractivity contribution < 1.29 is 13.9 Å². The van der Waals surface area contributed by atoms with E-state index in [1.165, 1.54) is 18.9 Å². The summed E-state index contributed by atoms with van der Waals surface area (Å²) in [5.74, 6) is -0.252. The predicted octanol–water partition coefficient (Wildman–Crippen LogP) is 4.24. The van der Waals surface area contributed by atoms with Gasteiger partial charge in [-0.05, 0) is 51.2 Å². The third-order valence-electron chi connectivity index (χ3n) is 5.47. The van der Waals surface area contributed by atoms with Gasteiger partial charge >= 0.3 is 0 Å². The number of aromatic nitrogens is 1. The Kier molecular flexibility index (Phi) is 5.36. The van der Waals surface area contributed by atoms with Crippen LogP contribution in [0.1, 0.15) is 37.8 Å². The number of rotatable bonds is 4. The number of nitrogens with zero attached hydrogens (tertiary/aromatic N) is 2. The summed E-state index contributed by atoms with van der Waals surface area (Å²) in [6.07, 6.45) is 6.09. The first kappa shape index (κ1) is 17.7. The molecule has 0 aliphatic carbocycles. The maximum absolute atomic E-state index is 14.1. The molecule has 0 saturated carbocycles. The van der Waals surface area contributed by atoms with Gasteiger partial charge in [0, 0.05) is 36.5 Å². The second kappa shape index (κ2) is 7.89. The van der Waals surface area contributed by atoms with E-state index in [2.05, 4.69) is 16.0 Å². The van der Waals surface area contributed by atoms with Crippen molar-refractivity contribution in [3.63, 3.8) is 0 Å². The van der Waals surface area contributed by atoms with Crippen molar-refractivity contribution in [1.29, 1.82) is 0 Å². The lowest BCUT2D eigenvalue weighted by atomic mass is 10.0. The van der Waals surface area contributed by atoms with Crippen LogP contribution in [0.5, 0.6) is 0 Å². The normalized spacial score (nSPS) is 22.1. The fraction of sp³-hybridized carbons (Fsp3) is 0.571. The van der Waals surface area contributed by atoms with Crippen LogP contribution >= 0.6 is 0 Å². The van der Waals surface area contributed by atoms with E-state index in [0.29, 0.717) is 18.2 Å². The van der Waals surface area contributed by atoms with Crippen LogP contribution in [0.2, 0.25) is 0 Å². The molecule has 2 aromatic rings. The van der Waals surface area contributed by atoms with Gasteiger partial charge < -0.3 is 14.4 Å². The van der Waals surface area contributed by atoms with Crippen molar-refractivity contribution in [2.45, 2.75) is 51.2 Å². The van der Waals surface area contributed by atoms with Gasteiger partial charge in [0.15, 0.2) is 0 Å². The zero-order valence-electron chi connectivity index (χ0n) is 15.4. The molecule has 0 radical (unpaired) electrons. The molecule has 2 saturated heterocycles. The smallest absolute Gasteiger partial charge is 0.149 e. The van der Waals surface area contributed by atoms with Gasteiger partial charge in [0.05, 0.1) is 18.8 Å². The minimum atomic E-state index is -0.252. The maximum atomic E-state index is 14.1. The highest BCUT2D eigenvalue weighted by Gasteiger charge is 2.23. The monoisotopic (exact) mass is 358 g/mol. The minimum Gasteiger partial charge on any atom is -0.376 e. The Labute approximate surface area is 154 Å². The number of benzene rings is 1. The quantitative estimate of drug-likeness (QED) is 0.819. The van der Waals surface area contributed by atoms with Crippen molar-refractivity contribution in [2.75, 3.05) is 31.2 Å². The van der Waals surface area contributed by atoms with Crippen LogP contribution in [0, 0.1) is 12.7 Å². The van der Waals surface area contributed by atoms with E-state index in [-0.39, 0.29) is 11.9 Å². The molecule has 1 aromatic carbocycles. The van der Waals surface area contributed by atoms with Crippen LogP contribution in [0.15, 0.2) is 24.3 Å². The number of piperidine rings is 1. The fourth-order valence-corrected chi connectivity index (χ4v) is 4.03. The molecule has 26 heavy (non-hydrogen) atoms. The number of aryl methyl sites for hydroxylation is 1. The molecule has 0 bridgehead atoms. The average Bonchev–Trinajstić information content (AvgIpc) is 2.68. The highest BCUT2D eigenvalue weighted by atomic mass is 19.1. The van der Waals surface area contributed by atoms with E-state index < -0.39 is 0 Å². The second-order valence-corrected chi connectivity index (χ2v) is 7.43. The minimum absolute atomic E-state index is 0.252. The summed E-state index contributed by atoms with van der Waals surface area (Å²) >= 11 is 0. The summed E-state index contributed by atoms with van der Waals surface area (Å²) in [6, 6.07) is 7.27. The molecule has 2 aliphatic rings. The molecular weight excluding hydrogens is 331 g/mol. The van der Waals surface area contributed by atoms with Gasteiger partial charge in [-0.15, -0.1) is 0 Å². The SMILES string of the molecule is Cc1cc(N2CCC(OCC3CCCCO3)CC2)c2cccc(F)c2n1. The highest BCUT2D eigenvalue weighted by molar-refractivity contribution is 5.92. The van der Waals surface area contributed by atoms with Crippen LogP contribution in [0.3, 0.4) is 0 Å². The van der Waals surface area contributed by atoms with Crippen LogP contribution in [0.4, 0.5) is 10.1 Å². The molecule has 1 aromatic heterocycles. The molecule has 140 valence electrons. The van der Waals surface area contributed by atoms with Gasteiger partial charge in [0.2, 0.25) is 0 Å². The molecule has 3 heterocycles. The topological polar surface area (TPSA) is 34.6 Å². The molecule has 1 atom stereocenters.